The summed E-state index contributed by atoms with van der Waals surface area (Å²) in [6.45, 7) is -0.908. The van der Waals surface area contributed by atoms with E-state index in [2.05, 4.69) is 14.7 Å². The molecule has 5 nitrogen and oxygen atoms in total. The van der Waals surface area contributed by atoms with Crippen LogP contribution in [0, 0.1) is 5.82 Å². The predicted molar refractivity (Wildman–Crippen MR) is 101 cm³/mol. The van der Waals surface area contributed by atoms with E-state index in [4.69, 9.17) is 0 Å². The van der Waals surface area contributed by atoms with Crippen LogP contribution in [0.4, 0.5) is 18.9 Å². The van der Waals surface area contributed by atoms with Crippen LogP contribution >= 0.6 is 0 Å². The summed E-state index contributed by atoms with van der Waals surface area (Å²) < 4.78 is 44.9. The Morgan fingerprint density at radius 1 is 1.14 bits per heavy atom. The smallest absolute Gasteiger partial charge is 0.387 e. The summed E-state index contributed by atoms with van der Waals surface area (Å²) in [5.74, 6) is 0.483. The van der Waals surface area contributed by atoms with Crippen LogP contribution in [0.2, 0.25) is 0 Å². The van der Waals surface area contributed by atoms with Crippen molar-refractivity contribution in [2.75, 3.05) is 4.90 Å². The van der Waals surface area contributed by atoms with Gasteiger partial charge in [-0.1, -0.05) is 6.92 Å². The number of rotatable bonds is 5. The van der Waals surface area contributed by atoms with Crippen LogP contribution < -0.4 is 9.64 Å². The van der Waals surface area contributed by atoms with Crippen LogP contribution in [-0.2, 0) is 6.42 Å². The van der Waals surface area contributed by atoms with Crippen molar-refractivity contribution in [1.29, 1.82) is 0 Å². The summed E-state index contributed by atoms with van der Waals surface area (Å²) >= 11 is 0. The van der Waals surface area contributed by atoms with Crippen LogP contribution in [0.25, 0.3) is 11.0 Å². The lowest BCUT2D eigenvalue weighted by atomic mass is 10.2. The van der Waals surface area contributed by atoms with Crippen molar-refractivity contribution in [2.45, 2.75) is 26.2 Å². The first-order valence-corrected chi connectivity index (χ1v) is 8.76. The van der Waals surface area contributed by atoms with Crippen molar-refractivity contribution in [2.24, 2.45) is 4.99 Å². The largest absolute Gasteiger partial charge is 0.435 e. The van der Waals surface area contributed by atoms with Crippen molar-refractivity contribution in [3.05, 3.63) is 66.4 Å². The van der Waals surface area contributed by atoms with Crippen LogP contribution in [0.1, 0.15) is 19.0 Å². The number of imidazole rings is 1. The molecule has 1 aliphatic heterocycles. The van der Waals surface area contributed by atoms with E-state index in [1.165, 1.54) is 24.3 Å². The highest BCUT2D eigenvalue weighted by Crippen LogP contribution is 2.32. The number of aliphatic imine (C=N–C) groups is 1. The highest BCUT2D eigenvalue weighted by atomic mass is 19.3. The number of allylic oxidation sites excluding steroid dienone is 1. The average Bonchev–Trinajstić information content (AvgIpc) is 3.05. The number of ether oxygens (including phenoxy) is 1. The maximum atomic E-state index is 13.9. The van der Waals surface area contributed by atoms with Crippen molar-refractivity contribution >= 4 is 22.9 Å². The summed E-state index contributed by atoms with van der Waals surface area (Å²) in [5.41, 5.74) is 2.04. The quantitative estimate of drug-likeness (QED) is 0.626. The molecule has 1 aromatic heterocycles. The maximum Gasteiger partial charge on any atom is 0.387 e. The third-order valence-corrected chi connectivity index (χ3v) is 4.43. The normalized spacial score (nSPS) is 16.3. The van der Waals surface area contributed by atoms with E-state index in [0.717, 1.165) is 11.5 Å². The van der Waals surface area contributed by atoms with Gasteiger partial charge in [-0.2, -0.15) is 8.78 Å². The Labute approximate surface area is 159 Å². The molecule has 0 spiro atoms. The average molecular weight is 386 g/mol. The number of alkyl halides is 2. The van der Waals surface area contributed by atoms with E-state index in [-0.39, 0.29) is 11.6 Å². The summed E-state index contributed by atoms with van der Waals surface area (Å²) in [5, 5.41) is 0. The van der Waals surface area contributed by atoms with Gasteiger partial charge >= 0.3 is 6.61 Å². The van der Waals surface area contributed by atoms with Gasteiger partial charge in [-0.3, -0.25) is 4.57 Å². The molecule has 0 saturated heterocycles. The molecule has 0 saturated carbocycles. The molecule has 0 radical (unpaired) electrons. The van der Waals surface area contributed by atoms with Crippen LogP contribution in [-0.4, -0.2) is 22.4 Å². The molecule has 0 N–H and O–H groups in total. The molecule has 0 aliphatic carbocycles. The zero-order valence-corrected chi connectivity index (χ0v) is 15.0. The minimum atomic E-state index is -2.88. The Morgan fingerprint density at radius 2 is 1.93 bits per heavy atom. The molecule has 4 rings (SSSR count). The minimum absolute atomic E-state index is 0.0733. The van der Waals surface area contributed by atoms with Gasteiger partial charge in [-0.15, -0.1) is 0 Å². The molecular weight excluding hydrogens is 369 g/mol. The van der Waals surface area contributed by atoms with Crippen molar-refractivity contribution in [1.82, 2.24) is 9.55 Å². The zero-order chi connectivity index (χ0) is 19.7. The second kappa shape index (κ2) is 7.38. The summed E-state index contributed by atoms with van der Waals surface area (Å²) in [6, 6.07) is 10.7. The zero-order valence-electron chi connectivity index (χ0n) is 15.0. The standard InChI is InChI=1S/C20H17F3N4O/c1-2-18-25-16-9-4-13(21)12-17(16)27(18)20-24-10-3-11-26(20)14-5-7-15(8-6-14)28-19(22)23/h3-12,19-20H,2H2,1H3. The fourth-order valence-electron chi connectivity index (χ4n) is 3.24. The highest BCUT2D eigenvalue weighted by Gasteiger charge is 2.24. The number of aryl methyl sites for hydroxylation is 1. The molecule has 1 atom stereocenters. The molecule has 1 unspecified atom stereocenters. The number of fused-ring (bicyclic) bond motifs is 1. The van der Waals surface area contributed by atoms with Crippen molar-refractivity contribution in [3.63, 3.8) is 0 Å². The van der Waals surface area contributed by atoms with Crippen LogP contribution in [0.5, 0.6) is 5.75 Å². The number of aromatic nitrogens is 2. The lowest BCUT2D eigenvalue weighted by Gasteiger charge is -2.31. The van der Waals surface area contributed by atoms with Gasteiger partial charge in [0.1, 0.15) is 17.4 Å². The van der Waals surface area contributed by atoms with E-state index >= 15 is 0 Å². The Balaban J connectivity index is 1.76. The fourth-order valence-corrected chi connectivity index (χ4v) is 3.24. The molecule has 1 aliphatic rings. The Morgan fingerprint density at radius 3 is 2.64 bits per heavy atom. The molecule has 8 heteroatoms. The Hall–Kier alpha value is -3.29. The van der Waals surface area contributed by atoms with Crippen molar-refractivity contribution in [3.8, 4) is 5.75 Å². The summed E-state index contributed by atoms with van der Waals surface area (Å²) in [7, 11) is 0. The second-order valence-corrected chi connectivity index (χ2v) is 6.15. The Kier molecular flexibility index (Phi) is 4.77. The number of nitrogens with zero attached hydrogens (tertiary/aromatic N) is 4. The number of anilines is 1. The van der Waals surface area contributed by atoms with E-state index in [0.29, 0.717) is 17.5 Å². The lowest BCUT2D eigenvalue weighted by Crippen LogP contribution is -2.29. The maximum absolute atomic E-state index is 13.9. The van der Waals surface area contributed by atoms with E-state index in [1.54, 1.807) is 30.5 Å². The molecule has 3 aromatic rings. The number of hydrogen-bond donors (Lipinski definition) is 0. The molecule has 2 aromatic carbocycles. The molecule has 28 heavy (non-hydrogen) atoms. The first kappa shape index (κ1) is 18.1. The van der Waals surface area contributed by atoms with Gasteiger partial charge in [0.05, 0.1) is 11.0 Å². The van der Waals surface area contributed by atoms with Gasteiger partial charge in [-0.05, 0) is 48.5 Å². The van der Waals surface area contributed by atoms with E-state index in [9.17, 15) is 13.2 Å². The van der Waals surface area contributed by atoms with Gasteiger partial charge in [0.2, 0.25) is 6.29 Å². The molecule has 144 valence electrons. The number of hydrogen-bond acceptors (Lipinski definition) is 4. The van der Waals surface area contributed by atoms with E-state index in [1.807, 2.05) is 22.6 Å². The van der Waals surface area contributed by atoms with Crippen LogP contribution in [0.15, 0.2) is 59.7 Å². The molecular formula is C20H17F3N4O. The van der Waals surface area contributed by atoms with E-state index < -0.39 is 12.9 Å². The van der Waals surface area contributed by atoms with Crippen molar-refractivity contribution < 1.29 is 17.9 Å². The Bertz CT molecular complexity index is 1040. The second-order valence-electron chi connectivity index (χ2n) is 6.15. The number of benzene rings is 2. The van der Waals surface area contributed by atoms with Gasteiger partial charge < -0.3 is 9.64 Å². The van der Waals surface area contributed by atoms with Gasteiger partial charge in [0.15, 0.2) is 0 Å². The topological polar surface area (TPSA) is 42.7 Å². The highest BCUT2D eigenvalue weighted by molar-refractivity contribution is 5.78. The first-order valence-electron chi connectivity index (χ1n) is 8.76. The number of halogens is 3. The van der Waals surface area contributed by atoms with Crippen LogP contribution in [0.3, 0.4) is 0 Å². The fraction of sp³-hybridized carbons (Fsp3) is 0.200. The third-order valence-electron chi connectivity index (χ3n) is 4.43. The molecule has 0 bridgehead atoms. The monoisotopic (exact) mass is 386 g/mol. The molecule has 2 heterocycles. The minimum Gasteiger partial charge on any atom is -0.435 e. The lowest BCUT2D eigenvalue weighted by molar-refractivity contribution is -0.0498. The van der Waals surface area contributed by atoms with Gasteiger partial charge in [-0.25, -0.2) is 14.4 Å². The molecule has 0 fully saturated rings. The first-order chi connectivity index (χ1) is 13.6. The van der Waals surface area contributed by atoms with Gasteiger partial charge in [0.25, 0.3) is 0 Å². The third kappa shape index (κ3) is 3.33. The molecule has 0 amide bonds. The summed E-state index contributed by atoms with van der Waals surface area (Å²) in [4.78, 5) is 11.0. The van der Waals surface area contributed by atoms with Gasteiger partial charge in [0, 0.05) is 24.5 Å². The SMILES string of the molecule is CCc1nc2ccc(F)cc2n1C1N=CC=CN1c1ccc(OC(F)F)cc1. The predicted octanol–water partition coefficient (Wildman–Crippen LogP) is 4.90. The summed E-state index contributed by atoms with van der Waals surface area (Å²) in [6.07, 6.45) is 5.38.